The molecule has 4 rings (SSSR count). The third kappa shape index (κ3) is 4.37. The first kappa shape index (κ1) is 19.7. The van der Waals surface area contributed by atoms with Crippen molar-refractivity contribution >= 4 is 22.4 Å². The zero-order chi connectivity index (χ0) is 20.2. The molecule has 1 amide bonds. The number of carbonyl (C=O) groups excluding carboxylic acids is 1. The number of benzene rings is 1. The van der Waals surface area contributed by atoms with Gasteiger partial charge in [0.25, 0.3) is 5.91 Å². The van der Waals surface area contributed by atoms with Gasteiger partial charge in [-0.1, -0.05) is 31.1 Å². The zero-order valence-corrected chi connectivity index (χ0v) is 17.3. The molecular weight excluding hydrogens is 389 g/mol. The second kappa shape index (κ2) is 8.82. The molecule has 0 saturated heterocycles. The fourth-order valence-corrected chi connectivity index (χ4v) is 4.44. The van der Waals surface area contributed by atoms with Gasteiger partial charge in [-0.15, -0.1) is 10.2 Å². The van der Waals surface area contributed by atoms with Crippen molar-refractivity contribution in [2.45, 2.75) is 58.3 Å². The van der Waals surface area contributed by atoms with Crippen molar-refractivity contribution in [3.8, 4) is 5.69 Å². The third-order valence-corrected chi connectivity index (χ3v) is 6.05. The van der Waals surface area contributed by atoms with Crippen LogP contribution in [0.4, 0.5) is 9.52 Å². The van der Waals surface area contributed by atoms with Gasteiger partial charge >= 0.3 is 0 Å². The number of fused-ring (bicyclic) bond motifs is 1. The smallest absolute Gasteiger partial charge is 0.278 e. The van der Waals surface area contributed by atoms with Crippen LogP contribution in [0.5, 0.6) is 0 Å². The van der Waals surface area contributed by atoms with Crippen molar-refractivity contribution in [2.75, 3.05) is 5.32 Å². The van der Waals surface area contributed by atoms with Crippen LogP contribution < -0.4 is 5.32 Å². The van der Waals surface area contributed by atoms with Gasteiger partial charge in [-0.05, 0) is 56.4 Å². The number of carbonyl (C=O) groups is 1. The maximum Gasteiger partial charge on any atom is 0.278 e. The van der Waals surface area contributed by atoms with Crippen LogP contribution in [-0.2, 0) is 19.3 Å². The minimum absolute atomic E-state index is 0.264. The van der Waals surface area contributed by atoms with Crippen molar-refractivity contribution in [3.05, 3.63) is 52.0 Å². The van der Waals surface area contributed by atoms with Gasteiger partial charge in [0, 0.05) is 17.7 Å². The Morgan fingerprint density at radius 2 is 1.97 bits per heavy atom. The summed E-state index contributed by atoms with van der Waals surface area (Å²) in [6.45, 7) is 2.16. The van der Waals surface area contributed by atoms with Gasteiger partial charge in [-0.2, -0.15) is 5.10 Å². The molecule has 0 aliphatic heterocycles. The Morgan fingerprint density at radius 3 is 2.76 bits per heavy atom. The van der Waals surface area contributed by atoms with E-state index in [1.807, 2.05) is 0 Å². The number of anilines is 1. The van der Waals surface area contributed by atoms with Gasteiger partial charge < -0.3 is 0 Å². The standard InChI is InChI=1S/C21H24FN5OS/c1-2-3-4-9-18-24-25-21(29-18)23-20(28)19-16-7-5-6-8-17(16)27(26-19)15-12-10-14(22)11-13-15/h10-13H,2-9H2,1H3,(H,23,25,28). The number of hydrogen-bond donors (Lipinski definition) is 1. The fraction of sp³-hybridized carbons (Fsp3) is 0.429. The monoisotopic (exact) mass is 413 g/mol. The molecule has 6 nitrogen and oxygen atoms in total. The normalized spacial score (nSPS) is 13.3. The van der Waals surface area contributed by atoms with Gasteiger partial charge in [-0.25, -0.2) is 9.07 Å². The Labute approximate surface area is 173 Å². The van der Waals surface area contributed by atoms with E-state index < -0.39 is 0 Å². The molecule has 3 aromatic rings. The van der Waals surface area contributed by atoms with Crippen molar-refractivity contribution in [2.24, 2.45) is 0 Å². The molecule has 1 aromatic carbocycles. The highest BCUT2D eigenvalue weighted by Gasteiger charge is 2.26. The predicted octanol–water partition coefficient (Wildman–Crippen LogP) is 4.73. The molecule has 152 valence electrons. The maximum atomic E-state index is 13.3. The summed E-state index contributed by atoms with van der Waals surface area (Å²) in [5.41, 5.74) is 3.20. The summed E-state index contributed by atoms with van der Waals surface area (Å²) in [5, 5.41) is 17.2. The second-order valence-corrected chi connectivity index (χ2v) is 8.34. The third-order valence-electron chi connectivity index (χ3n) is 5.15. The molecule has 0 saturated carbocycles. The number of nitrogens with one attached hydrogen (secondary N) is 1. The van der Waals surface area contributed by atoms with E-state index in [2.05, 4.69) is 27.5 Å². The second-order valence-electron chi connectivity index (χ2n) is 7.28. The number of rotatable bonds is 7. The zero-order valence-electron chi connectivity index (χ0n) is 16.4. The van der Waals surface area contributed by atoms with Crippen molar-refractivity contribution < 1.29 is 9.18 Å². The van der Waals surface area contributed by atoms with Crippen LogP contribution in [0.3, 0.4) is 0 Å². The Hall–Kier alpha value is -2.61. The number of unbranched alkanes of at least 4 members (excludes halogenated alkanes) is 2. The molecule has 29 heavy (non-hydrogen) atoms. The number of aromatic nitrogens is 4. The Bertz CT molecular complexity index is 995. The summed E-state index contributed by atoms with van der Waals surface area (Å²) < 4.78 is 15.1. The molecule has 0 spiro atoms. The van der Waals surface area contributed by atoms with Crippen molar-refractivity contribution in [3.63, 3.8) is 0 Å². The van der Waals surface area contributed by atoms with Crippen molar-refractivity contribution in [1.82, 2.24) is 20.0 Å². The Morgan fingerprint density at radius 1 is 1.17 bits per heavy atom. The lowest BCUT2D eigenvalue weighted by molar-refractivity contribution is 0.102. The molecular formula is C21H24FN5OS. The molecule has 0 radical (unpaired) electrons. The largest absolute Gasteiger partial charge is 0.295 e. The number of hydrogen-bond acceptors (Lipinski definition) is 5. The van der Waals surface area contributed by atoms with Crippen molar-refractivity contribution in [1.29, 1.82) is 0 Å². The Kier molecular flexibility index (Phi) is 5.99. The van der Waals surface area contributed by atoms with Gasteiger partial charge in [0.1, 0.15) is 10.8 Å². The molecule has 0 fully saturated rings. The number of nitrogens with zero attached hydrogens (tertiary/aromatic N) is 4. The van der Waals surface area contributed by atoms with E-state index in [1.165, 1.54) is 23.5 Å². The van der Waals surface area contributed by atoms with Crippen LogP contribution >= 0.6 is 11.3 Å². The van der Waals surface area contributed by atoms with Gasteiger partial charge in [-0.3, -0.25) is 10.1 Å². The van der Waals surface area contributed by atoms with E-state index in [0.29, 0.717) is 10.8 Å². The summed E-state index contributed by atoms with van der Waals surface area (Å²) in [6, 6.07) is 6.19. The van der Waals surface area contributed by atoms with Crippen LogP contribution in [-0.4, -0.2) is 25.9 Å². The van der Waals surface area contributed by atoms with Crippen LogP contribution in [0.15, 0.2) is 24.3 Å². The number of halogens is 1. The number of aryl methyl sites for hydroxylation is 1. The molecule has 0 atom stereocenters. The molecule has 1 N–H and O–H groups in total. The molecule has 8 heteroatoms. The SMILES string of the molecule is CCCCCc1nnc(NC(=O)c2nn(-c3ccc(F)cc3)c3c2CCCC3)s1. The minimum Gasteiger partial charge on any atom is -0.295 e. The molecule has 1 aliphatic rings. The lowest BCUT2D eigenvalue weighted by atomic mass is 9.95. The molecule has 2 heterocycles. The van der Waals surface area contributed by atoms with E-state index in [4.69, 9.17) is 0 Å². The molecule has 0 unspecified atom stereocenters. The Balaban J connectivity index is 1.56. The summed E-state index contributed by atoms with van der Waals surface area (Å²) in [6.07, 6.45) is 8.04. The average molecular weight is 414 g/mol. The van der Waals surface area contributed by atoms with Crippen LogP contribution in [0.2, 0.25) is 0 Å². The topological polar surface area (TPSA) is 72.7 Å². The first-order valence-electron chi connectivity index (χ1n) is 10.2. The molecule has 0 bridgehead atoms. The summed E-state index contributed by atoms with van der Waals surface area (Å²) >= 11 is 1.42. The van der Waals surface area contributed by atoms with E-state index in [1.54, 1.807) is 16.8 Å². The quantitative estimate of drug-likeness (QED) is 0.569. The summed E-state index contributed by atoms with van der Waals surface area (Å²) in [5.74, 6) is -0.556. The fourth-order valence-electron chi connectivity index (χ4n) is 3.66. The van der Waals surface area contributed by atoms with E-state index in [9.17, 15) is 9.18 Å². The van der Waals surface area contributed by atoms with Gasteiger partial charge in [0.15, 0.2) is 5.69 Å². The maximum absolute atomic E-state index is 13.3. The average Bonchev–Trinajstić information content (AvgIpc) is 3.33. The van der Waals surface area contributed by atoms with E-state index in [0.717, 1.165) is 73.3 Å². The van der Waals surface area contributed by atoms with Gasteiger partial charge in [0.2, 0.25) is 5.13 Å². The van der Waals surface area contributed by atoms with Crippen LogP contribution in [0, 0.1) is 5.82 Å². The first-order chi connectivity index (χ1) is 14.2. The lowest BCUT2D eigenvalue weighted by Gasteiger charge is -2.14. The van der Waals surface area contributed by atoms with E-state index in [-0.39, 0.29) is 11.7 Å². The summed E-state index contributed by atoms with van der Waals surface area (Å²) in [7, 11) is 0. The van der Waals surface area contributed by atoms with Gasteiger partial charge in [0.05, 0.1) is 5.69 Å². The predicted molar refractivity (Wildman–Crippen MR) is 111 cm³/mol. The lowest BCUT2D eigenvalue weighted by Crippen LogP contribution is -2.15. The highest BCUT2D eigenvalue weighted by Crippen LogP contribution is 2.28. The number of amides is 1. The highest BCUT2D eigenvalue weighted by molar-refractivity contribution is 7.15. The summed E-state index contributed by atoms with van der Waals surface area (Å²) in [4.78, 5) is 12.9. The molecule has 2 aromatic heterocycles. The highest BCUT2D eigenvalue weighted by atomic mass is 32.1. The first-order valence-corrected chi connectivity index (χ1v) is 11.0. The molecule has 1 aliphatic carbocycles. The van der Waals surface area contributed by atoms with Crippen LogP contribution in [0.25, 0.3) is 5.69 Å². The van der Waals surface area contributed by atoms with E-state index >= 15 is 0 Å². The van der Waals surface area contributed by atoms with Crippen LogP contribution in [0.1, 0.15) is 65.8 Å². The minimum atomic E-state index is -0.293.